The van der Waals surface area contributed by atoms with Gasteiger partial charge in [-0.25, -0.2) is 0 Å². The third-order valence-corrected chi connectivity index (χ3v) is 3.26. The lowest BCUT2D eigenvalue weighted by Crippen LogP contribution is -2.27. The van der Waals surface area contributed by atoms with Crippen LogP contribution in [-0.2, 0) is 16.0 Å². The number of nitrogens with one attached hydrogen (secondary N) is 1. The molecule has 0 fully saturated rings. The van der Waals surface area contributed by atoms with Gasteiger partial charge in [-0.05, 0) is 37.3 Å². The van der Waals surface area contributed by atoms with Crippen LogP contribution < -0.4 is 5.32 Å². The number of nitrogens with zero attached hydrogens (tertiary/aromatic N) is 1. The number of aliphatic carboxylic acids is 1. The Morgan fingerprint density at radius 1 is 1.40 bits per heavy atom. The molecular formula is C15H22N2O3. The summed E-state index contributed by atoms with van der Waals surface area (Å²) in [6.07, 6.45) is 3.59. The van der Waals surface area contributed by atoms with Gasteiger partial charge in [-0.15, -0.1) is 0 Å². The molecule has 20 heavy (non-hydrogen) atoms. The van der Waals surface area contributed by atoms with E-state index in [9.17, 15) is 9.59 Å². The summed E-state index contributed by atoms with van der Waals surface area (Å²) in [6, 6.07) is 3.78. The Morgan fingerprint density at radius 3 is 2.80 bits per heavy atom. The number of carboxylic acid groups (broad SMARTS) is 1. The summed E-state index contributed by atoms with van der Waals surface area (Å²) in [7, 11) is 0. The molecule has 1 aromatic rings. The molecule has 0 saturated carbocycles. The molecule has 1 heterocycles. The van der Waals surface area contributed by atoms with E-state index in [2.05, 4.69) is 10.3 Å². The molecule has 0 aromatic carbocycles. The van der Waals surface area contributed by atoms with Gasteiger partial charge in [0.2, 0.25) is 5.91 Å². The predicted octanol–water partition coefficient (Wildman–Crippen LogP) is 1.94. The van der Waals surface area contributed by atoms with Crippen LogP contribution in [0, 0.1) is 12.8 Å². The second kappa shape index (κ2) is 8.30. The highest BCUT2D eigenvalue weighted by Crippen LogP contribution is 2.09. The van der Waals surface area contributed by atoms with Crippen molar-refractivity contribution in [1.29, 1.82) is 0 Å². The van der Waals surface area contributed by atoms with E-state index in [1.165, 1.54) is 0 Å². The Balaban J connectivity index is 2.24. The van der Waals surface area contributed by atoms with Gasteiger partial charge < -0.3 is 10.4 Å². The van der Waals surface area contributed by atoms with Gasteiger partial charge in [-0.3, -0.25) is 14.6 Å². The zero-order chi connectivity index (χ0) is 15.0. The number of rotatable bonds is 8. The molecule has 0 saturated heterocycles. The fourth-order valence-corrected chi connectivity index (χ4v) is 1.89. The zero-order valence-electron chi connectivity index (χ0n) is 12.1. The van der Waals surface area contributed by atoms with Gasteiger partial charge in [0, 0.05) is 19.2 Å². The van der Waals surface area contributed by atoms with E-state index in [-0.39, 0.29) is 18.7 Å². The molecule has 1 amide bonds. The summed E-state index contributed by atoms with van der Waals surface area (Å²) < 4.78 is 0. The van der Waals surface area contributed by atoms with Crippen LogP contribution in [0.5, 0.6) is 0 Å². The minimum atomic E-state index is -0.772. The number of carbonyl (C=O) groups excluding carboxylic acids is 1. The quantitative estimate of drug-likeness (QED) is 0.761. The largest absolute Gasteiger partial charge is 0.481 e. The number of aryl methyl sites for hydroxylation is 1. The molecule has 0 aliphatic carbocycles. The lowest BCUT2D eigenvalue weighted by molar-refractivity contribution is -0.137. The average molecular weight is 278 g/mol. The van der Waals surface area contributed by atoms with E-state index < -0.39 is 5.97 Å². The van der Waals surface area contributed by atoms with Crippen molar-refractivity contribution < 1.29 is 14.7 Å². The third kappa shape index (κ3) is 6.31. The SMILES string of the molecule is Cc1cccnc1CC(=O)NCCC(C)CCC(=O)O. The van der Waals surface area contributed by atoms with Crippen LogP contribution in [0.3, 0.4) is 0 Å². The number of hydrogen-bond donors (Lipinski definition) is 2. The molecule has 0 aliphatic rings. The third-order valence-electron chi connectivity index (χ3n) is 3.26. The summed E-state index contributed by atoms with van der Waals surface area (Å²) in [4.78, 5) is 26.4. The van der Waals surface area contributed by atoms with Gasteiger partial charge in [0.1, 0.15) is 0 Å². The van der Waals surface area contributed by atoms with E-state index in [0.717, 1.165) is 17.7 Å². The highest BCUT2D eigenvalue weighted by atomic mass is 16.4. The van der Waals surface area contributed by atoms with E-state index in [4.69, 9.17) is 5.11 Å². The summed E-state index contributed by atoms with van der Waals surface area (Å²) in [5.74, 6) is -0.522. The van der Waals surface area contributed by atoms with E-state index in [1.54, 1.807) is 6.20 Å². The first-order valence-electron chi connectivity index (χ1n) is 6.88. The number of pyridine rings is 1. The van der Waals surface area contributed by atoms with Gasteiger partial charge in [-0.1, -0.05) is 13.0 Å². The molecule has 0 radical (unpaired) electrons. The van der Waals surface area contributed by atoms with Crippen molar-refractivity contribution >= 4 is 11.9 Å². The summed E-state index contributed by atoms with van der Waals surface area (Å²) in [5.41, 5.74) is 1.81. The maximum Gasteiger partial charge on any atom is 0.303 e. The van der Waals surface area contributed by atoms with Crippen molar-refractivity contribution in [1.82, 2.24) is 10.3 Å². The Hall–Kier alpha value is -1.91. The molecule has 5 heteroatoms. The highest BCUT2D eigenvalue weighted by molar-refractivity contribution is 5.78. The van der Waals surface area contributed by atoms with Crippen LogP contribution in [0.1, 0.15) is 37.4 Å². The van der Waals surface area contributed by atoms with Crippen molar-refractivity contribution in [2.45, 2.75) is 39.5 Å². The van der Waals surface area contributed by atoms with Crippen LogP contribution in [0.25, 0.3) is 0 Å². The van der Waals surface area contributed by atoms with Crippen molar-refractivity contribution in [3.8, 4) is 0 Å². The molecule has 5 nitrogen and oxygen atoms in total. The lowest BCUT2D eigenvalue weighted by Gasteiger charge is -2.11. The van der Waals surface area contributed by atoms with Gasteiger partial charge >= 0.3 is 5.97 Å². The first-order chi connectivity index (χ1) is 9.49. The monoisotopic (exact) mass is 278 g/mol. The van der Waals surface area contributed by atoms with E-state index in [0.29, 0.717) is 18.9 Å². The van der Waals surface area contributed by atoms with Crippen LogP contribution in [0.2, 0.25) is 0 Å². The highest BCUT2D eigenvalue weighted by Gasteiger charge is 2.08. The smallest absolute Gasteiger partial charge is 0.303 e. The number of hydrogen-bond acceptors (Lipinski definition) is 3. The number of carboxylic acids is 1. The van der Waals surface area contributed by atoms with Gasteiger partial charge in [0.15, 0.2) is 0 Å². The molecule has 1 unspecified atom stereocenters. The van der Waals surface area contributed by atoms with Gasteiger partial charge in [0.25, 0.3) is 0 Å². The summed E-state index contributed by atoms with van der Waals surface area (Å²) >= 11 is 0. The number of carbonyl (C=O) groups is 2. The number of aromatic nitrogens is 1. The first-order valence-corrected chi connectivity index (χ1v) is 6.88. The van der Waals surface area contributed by atoms with Crippen LogP contribution in [-0.4, -0.2) is 28.5 Å². The molecular weight excluding hydrogens is 256 g/mol. The topological polar surface area (TPSA) is 79.3 Å². The molecule has 1 rings (SSSR count). The Kier molecular flexibility index (Phi) is 6.70. The van der Waals surface area contributed by atoms with Crippen molar-refractivity contribution in [2.75, 3.05) is 6.54 Å². The molecule has 2 N–H and O–H groups in total. The molecule has 110 valence electrons. The molecule has 0 bridgehead atoms. The van der Waals surface area contributed by atoms with Crippen LogP contribution in [0.4, 0.5) is 0 Å². The maximum absolute atomic E-state index is 11.8. The van der Waals surface area contributed by atoms with Crippen molar-refractivity contribution in [3.63, 3.8) is 0 Å². The second-order valence-electron chi connectivity index (χ2n) is 5.12. The molecule has 1 aromatic heterocycles. The zero-order valence-corrected chi connectivity index (χ0v) is 12.1. The molecule has 1 atom stereocenters. The predicted molar refractivity (Wildman–Crippen MR) is 76.3 cm³/mol. The maximum atomic E-state index is 11.8. The van der Waals surface area contributed by atoms with Crippen molar-refractivity contribution in [3.05, 3.63) is 29.6 Å². The average Bonchev–Trinajstić information content (AvgIpc) is 2.39. The van der Waals surface area contributed by atoms with Crippen molar-refractivity contribution in [2.24, 2.45) is 5.92 Å². The minimum Gasteiger partial charge on any atom is -0.481 e. The Bertz CT molecular complexity index is 460. The summed E-state index contributed by atoms with van der Waals surface area (Å²) in [5, 5.41) is 11.4. The standard InChI is InChI=1S/C15H22N2O3/c1-11(5-6-15(19)20)7-9-17-14(18)10-13-12(2)4-3-8-16-13/h3-4,8,11H,5-7,9-10H2,1-2H3,(H,17,18)(H,19,20). The van der Waals surface area contributed by atoms with Gasteiger partial charge in [-0.2, -0.15) is 0 Å². The Labute approximate surface area is 119 Å². The molecule has 0 aliphatic heterocycles. The van der Waals surface area contributed by atoms with E-state index in [1.807, 2.05) is 26.0 Å². The molecule has 0 spiro atoms. The normalized spacial score (nSPS) is 11.9. The van der Waals surface area contributed by atoms with Crippen LogP contribution in [0.15, 0.2) is 18.3 Å². The lowest BCUT2D eigenvalue weighted by atomic mass is 10.0. The fourth-order valence-electron chi connectivity index (χ4n) is 1.89. The second-order valence-corrected chi connectivity index (χ2v) is 5.12. The Morgan fingerprint density at radius 2 is 2.15 bits per heavy atom. The first kappa shape index (κ1) is 16.1. The number of amides is 1. The minimum absolute atomic E-state index is 0.0442. The van der Waals surface area contributed by atoms with E-state index >= 15 is 0 Å². The fraction of sp³-hybridized carbons (Fsp3) is 0.533. The van der Waals surface area contributed by atoms with Crippen LogP contribution >= 0.6 is 0 Å². The van der Waals surface area contributed by atoms with Gasteiger partial charge in [0.05, 0.1) is 12.1 Å². The summed E-state index contributed by atoms with van der Waals surface area (Å²) in [6.45, 7) is 4.51.